The van der Waals surface area contributed by atoms with Crippen LogP contribution in [-0.4, -0.2) is 26.0 Å². The molecule has 1 aromatic heterocycles. The highest BCUT2D eigenvalue weighted by molar-refractivity contribution is 5.23. The van der Waals surface area contributed by atoms with Crippen molar-refractivity contribution < 1.29 is 13.9 Å². The van der Waals surface area contributed by atoms with Crippen molar-refractivity contribution in [3.8, 4) is 0 Å². The first-order chi connectivity index (χ1) is 10.2. The van der Waals surface area contributed by atoms with Crippen LogP contribution in [0.4, 0.5) is 8.78 Å². The van der Waals surface area contributed by atoms with Crippen molar-refractivity contribution in [2.45, 2.75) is 44.3 Å². The third-order valence-corrected chi connectivity index (χ3v) is 3.54. The number of benzene rings is 1. The van der Waals surface area contributed by atoms with Gasteiger partial charge in [0.05, 0.1) is 6.04 Å². The van der Waals surface area contributed by atoms with Gasteiger partial charge >= 0.3 is 0 Å². The van der Waals surface area contributed by atoms with E-state index in [-0.39, 0.29) is 18.5 Å². The third-order valence-electron chi connectivity index (χ3n) is 3.54. The predicted octanol–water partition coefficient (Wildman–Crippen LogP) is 2.89. The van der Waals surface area contributed by atoms with Crippen LogP contribution in [0.2, 0.25) is 0 Å². The maximum atomic E-state index is 13.8. The van der Waals surface area contributed by atoms with Gasteiger partial charge in [-0.15, -0.1) is 0 Å². The third kappa shape index (κ3) is 3.10. The summed E-state index contributed by atoms with van der Waals surface area (Å²) in [6, 6.07) is 9.55. The zero-order valence-electron chi connectivity index (χ0n) is 11.5. The maximum Gasteiger partial charge on any atom is 0.176 e. The van der Waals surface area contributed by atoms with Gasteiger partial charge in [-0.05, 0) is 18.4 Å². The Morgan fingerprint density at radius 3 is 2.43 bits per heavy atom. The summed E-state index contributed by atoms with van der Waals surface area (Å²) in [4.78, 5) is 3.99. The van der Waals surface area contributed by atoms with Crippen molar-refractivity contribution in [3.63, 3.8) is 0 Å². The molecule has 1 saturated carbocycles. The first-order valence-electron chi connectivity index (χ1n) is 7.08. The molecular weight excluding hydrogens is 276 g/mol. The number of aliphatic hydroxyl groups is 1. The highest BCUT2D eigenvalue weighted by atomic mass is 19.1. The highest BCUT2D eigenvalue weighted by Crippen LogP contribution is 2.39. The molecule has 2 aromatic rings. The van der Waals surface area contributed by atoms with Crippen molar-refractivity contribution in [2.24, 2.45) is 0 Å². The van der Waals surface area contributed by atoms with Crippen LogP contribution in [0.25, 0.3) is 0 Å². The monoisotopic (exact) mass is 293 g/mol. The van der Waals surface area contributed by atoms with E-state index in [4.69, 9.17) is 5.11 Å². The number of aliphatic hydroxyl groups excluding tert-OH is 1. The largest absolute Gasteiger partial charge is 0.388 e. The number of hydrogen-bond acceptors (Lipinski definition) is 3. The minimum Gasteiger partial charge on any atom is -0.388 e. The van der Waals surface area contributed by atoms with Crippen LogP contribution in [0.1, 0.15) is 48.7 Å². The summed E-state index contributed by atoms with van der Waals surface area (Å²) >= 11 is 0. The summed E-state index contributed by atoms with van der Waals surface area (Å²) in [7, 11) is 0. The van der Waals surface area contributed by atoms with Crippen LogP contribution in [-0.2, 0) is 6.61 Å². The molecule has 1 N–H and O–H groups in total. The van der Waals surface area contributed by atoms with Gasteiger partial charge in [0.1, 0.15) is 12.8 Å². The quantitative estimate of drug-likeness (QED) is 0.926. The predicted molar refractivity (Wildman–Crippen MR) is 73.1 cm³/mol. The molecule has 2 unspecified atom stereocenters. The van der Waals surface area contributed by atoms with Crippen LogP contribution < -0.4 is 0 Å². The Morgan fingerprint density at radius 1 is 1.19 bits per heavy atom. The molecule has 0 radical (unpaired) electrons. The van der Waals surface area contributed by atoms with E-state index in [2.05, 4.69) is 10.1 Å². The Bertz CT molecular complexity index is 598. The number of rotatable bonds is 2. The van der Waals surface area contributed by atoms with Crippen molar-refractivity contribution in [1.82, 2.24) is 14.8 Å². The maximum absolute atomic E-state index is 13.8. The molecular formula is C15H17F2N3O. The topological polar surface area (TPSA) is 50.9 Å². The van der Waals surface area contributed by atoms with E-state index in [1.165, 1.54) is 0 Å². The Morgan fingerprint density at radius 2 is 1.86 bits per heavy atom. The second-order valence-corrected chi connectivity index (χ2v) is 5.29. The summed E-state index contributed by atoms with van der Waals surface area (Å²) in [5.41, 5.74) is 1.02. The van der Waals surface area contributed by atoms with Crippen molar-refractivity contribution in [2.75, 3.05) is 0 Å². The van der Waals surface area contributed by atoms with Gasteiger partial charge in [-0.25, -0.2) is 18.4 Å². The van der Waals surface area contributed by atoms with Crippen LogP contribution in [0.3, 0.4) is 0 Å². The van der Waals surface area contributed by atoms with Crippen LogP contribution in [0.15, 0.2) is 30.3 Å². The summed E-state index contributed by atoms with van der Waals surface area (Å²) in [6.45, 7) is -0.256. The Kier molecular flexibility index (Phi) is 3.96. The van der Waals surface area contributed by atoms with E-state index >= 15 is 0 Å². The molecule has 2 atom stereocenters. The summed E-state index contributed by atoms with van der Waals surface area (Å²) in [6.07, 6.45) is 0.485. The van der Waals surface area contributed by atoms with Gasteiger partial charge in [-0.3, -0.25) is 0 Å². The molecule has 6 heteroatoms. The summed E-state index contributed by atoms with van der Waals surface area (Å²) in [5.74, 6) is 0.603. The average Bonchev–Trinajstić information content (AvgIpc) is 3.07. The van der Waals surface area contributed by atoms with Crippen LogP contribution in [0, 0.1) is 0 Å². The molecule has 0 saturated heterocycles. The molecule has 112 valence electrons. The van der Waals surface area contributed by atoms with Gasteiger partial charge < -0.3 is 5.11 Å². The van der Waals surface area contributed by atoms with E-state index in [0.29, 0.717) is 12.2 Å². The van der Waals surface area contributed by atoms with Gasteiger partial charge in [0.2, 0.25) is 0 Å². The Balaban J connectivity index is 0.000000287. The smallest absolute Gasteiger partial charge is 0.176 e. The van der Waals surface area contributed by atoms with E-state index in [9.17, 15) is 8.78 Å². The van der Waals surface area contributed by atoms with E-state index < -0.39 is 12.3 Å². The fraction of sp³-hybridized carbons (Fsp3) is 0.467. The lowest BCUT2D eigenvalue weighted by Crippen LogP contribution is -2.07. The Labute approximate surface area is 121 Å². The highest BCUT2D eigenvalue weighted by Gasteiger charge is 2.35. The Hall–Kier alpha value is -1.82. The molecule has 0 bridgehead atoms. The summed E-state index contributed by atoms with van der Waals surface area (Å²) in [5, 5.41) is 13.1. The molecule has 1 aromatic carbocycles. The first-order valence-corrected chi connectivity index (χ1v) is 7.08. The standard InChI is InChI=1S/C12H12FN3O.C3H5F/c13-9-6-10(8-4-2-1-3-5-8)16-12(9)14-11(7-17)15-16;4-3-1-2-3/h1-5,9-10,17H,6-7H2;3H,1-2H2. The average molecular weight is 293 g/mol. The van der Waals surface area contributed by atoms with Crippen LogP contribution in [0.5, 0.6) is 0 Å². The second kappa shape index (κ2) is 5.89. The van der Waals surface area contributed by atoms with Gasteiger partial charge in [0, 0.05) is 6.42 Å². The van der Waals surface area contributed by atoms with Gasteiger partial charge in [-0.1, -0.05) is 30.3 Å². The zero-order valence-corrected chi connectivity index (χ0v) is 11.5. The van der Waals surface area contributed by atoms with E-state index in [1.54, 1.807) is 4.68 Å². The lowest BCUT2D eigenvalue weighted by atomic mass is 10.0. The number of aromatic nitrogens is 3. The molecule has 21 heavy (non-hydrogen) atoms. The molecule has 4 rings (SSSR count). The number of fused-ring (bicyclic) bond motifs is 1. The molecule has 1 aliphatic heterocycles. The molecule has 2 heterocycles. The molecule has 0 amide bonds. The van der Waals surface area contributed by atoms with Crippen molar-refractivity contribution in [3.05, 3.63) is 47.5 Å². The number of alkyl halides is 2. The lowest BCUT2D eigenvalue weighted by molar-refractivity contribution is 0.267. The van der Waals surface area contributed by atoms with Gasteiger partial charge in [0.15, 0.2) is 17.8 Å². The fourth-order valence-electron chi connectivity index (χ4n) is 2.31. The van der Waals surface area contributed by atoms with Crippen LogP contribution >= 0.6 is 0 Å². The molecule has 0 spiro atoms. The summed E-state index contributed by atoms with van der Waals surface area (Å²) < 4.78 is 26.5. The molecule has 2 aliphatic rings. The second-order valence-electron chi connectivity index (χ2n) is 5.29. The number of nitrogens with zero attached hydrogens (tertiary/aromatic N) is 3. The minimum absolute atomic E-state index is 0.117. The van der Waals surface area contributed by atoms with E-state index in [0.717, 1.165) is 18.4 Å². The first kappa shape index (κ1) is 14.1. The zero-order chi connectivity index (χ0) is 14.8. The fourth-order valence-corrected chi connectivity index (χ4v) is 2.31. The number of halogens is 2. The SMILES string of the molecule is FC1CC1.OCc1nc2n(n1)C(c1ccccc1)CC2F. The minimum atomic E-state index is -1.10. The lowest BCUT2D eigenvalue weighted by Gasteiger charge is -2.11. The van der Waals surface area contributed by atoms with Gasteiger partial charge in [0.25, 0.3) is 0 Å². The molecule has 1 aliphatic carbocycles. The molecule has 4 nitrogen and oxygen atoms in total. The van der Waals surface area contributed by atoms with E-state index in [1.807, 2.05) is 30.3 Å². The number of hydrogen-bond donors (Lipinski definition) is 1. The normalized spacial score (nSPS) is 23.4. The van der Waals surface area contributed by atoms with Crippen molar-refractivity contribution >= 4 is 0 Å². The van der Waals surface area contributed by atoms with Crippen molar-refractivity contribution in [1.29, 1.82) is 0 Å². The van der Waals surface area contributed by atoms with Gasteiger partial charge in [-0.2, -0.15) is 5.10 Å². The molecule has 1 fully saturated rings.